The number of furan rings is 1. The molecule has 2 aromatic heterocycles. The van der Waals surface area contributed by atoms with Crippen molar-refractivity contribution in [3.63, 3.8) is 0 Å². The summed E-state index contributed by atoms with van der Waals surface area (Å²) in [5.41, 5.74) is 5.89. The Morgan fingerprint density at radius 3 is 2.68 bits per heavy atom. The van der Waals surface area contributed by atoms with Crippen molar-refractivity contribution < 1.29 is 4.42 Å². The first-order chi connectivity index (χ1) is 9.28. The van der Waals surface area contributed by atoms with Gasteiger partial charge in [-0.15, -0.1) is 0 Å². The molecule has 0 aliphatic heterocycles. The molecule has 1 aromatic carbocycles. The second-order valence-corrected chi connectivity index (χ2v) is 4.57. The Morgan fingerprint density at radius 1 is 1.16 bits per heavy atom. The molecule has 3 N–H and O–H groups in total. The number of nitrogens with zero attached hydrogens (tertiary/aromatic N) is 1. The average Bonchev–Trinajstić information content (AvgIpc) is 2.83. The number of hydrazine groups is 1. The lowest BCUT2D eigenvalue weighted by molar-refractivity contribution is 0.477. The summed E-state index contributed by atoms with van der Waals surface area (Å²) in [7, 11) is 0. The van der Waals surface area contributed by atoms with Crippen LogP contribution in [0.4, 0.5) is 0 Å². The summed E-state index contributed by atoms with van der Waals surface area (Å²) < 4.78 is 5.87. The number of benzene rings is 1. The Morgan fingerprint density at radius 2 is 1.95 bits per heavy atom. The Labute approximate surface area is 111 Å². The number of rotatable bonds is 3. The van der Waals surface area contributed by atoms with Gasteiger partial charge in [0.25, 0.3) is 0 Å². The summed E-state index contributed by atoms with van der Waals surface area (Å²) in [6, 6.07) is 11.8. The van der Waals surface area contributed by atoms with Crippen LogP contribution in [0.3, 0.4) is 0 Å². The van der Waals surface area contributed by atoms with Gasteiger partial charge >= 0.3 is 0 Å². The minimum atomic E-state index is -0.171. The van der Waals surface area contributed by atoms with Crippen LogP contribution in [0.2, 0.25) is 0 Å². The molecule has 0 spiro atoms. The van der Waals surface area contributed by atoms with Crippen molar-refractivity contribution in [3.05, 3.63) is 65.7 Å². The van der Waals surface area contributed by atoms with Gasteiger partial charge in [0, 0.05) is 17.8 Å². The van der Waals surface area contributed by atoms with Gasteiger partial charge in [0.05, 0.1) is 0 Å². The number of aromatic nitrogens is 1. The third-order valence-corrected chi connectivity index (χ3v) is 3.18. The van der Waals surface area contributed by atoms with Crippen LogP contribution in [-0.4, -0.2) is 4.98 Å². The first-order valence-corrected chi connectivity index (χ1v) is 6.14. The van der Waals surface area contributed by atoms with E-state index in [1.165, 1.54) is 5.56 Å². The molecule has 1 atom stereocenters. The van der Waals surface area contributed by atoms with Gasteiger partial charge in [-0.2, -0.15) is 0 Å². The third-order valence-electron chi connectivity index (χ3n) is 3.18. The van der Waals surface area contributed by atoms with Crippen molar-refractivity contribution in [2.75, 3.05) is 0 Å². The number of nitrogens with one attached hydrogen (secondary N) is 1. The van der Waals surface area contributed by atoms with Crippen molar-refractivity contribution in [1.82, 2.24) is 10.4 Å². The van der Waals surface area contributed by atoms with Gasteiger partial charge < -0.3 is 4.42 Å². The van der Waals surface area contributed by atoms with Crippen molar-refractivity contribution in [3.8, 4) is 0 Å². The standard InChI is InChI=1S/C15H15N3O/c1-10-2-3-13-12(8-10)9-14(19-13)15(18-16)11-4-6-17-7-5-11/h2-9,15,18H,16H2,1H3. The van der Waals surface area contributed by atoms with Crippen LogP contribution in [0.5, 0.6) is 0 Å². The number of aryl methyl sites for hydroxylation is 1. The maximum atomic E-state index is 5.87. The second kappa shape index (κ2) is 4.84. The molecule has 19 heavy (non-hydrogen) atoms. The highest BCUT2D eigenvalue weighted by Crippen LogP contribution is 2.28. The lowest BCUT2D eigenvalue weighted by Gasteiger charge is -2.12. The predicted molar refractivity (Wildman–Crippen MR) is 74.4 cm³/mol. The van der Waals surface area contributed by atoms with E-state index in [1.54, 1.807) is 12.4 Å². The van der Waals surface area contributed by atoms with Gasteiger partial charge in [-0.25, -0.2) is 5.43 Å². The lowest BCUT2D eigenvalue weighted by Crippen LogP contribution is -2.28. The smallest absolute Gasteiger partial charge is 0.134 e. The monoisotopic (exact) mass is 253 g/mol. The summed E-state index contributed by atoms with van der Waals surface area (Å²) in [6.07, 6.45) is 3.49. The molecular formula is C15H15N3O. The van der Waals surface area contributed by atoms with Gasteiger partial charge in [0.2, 0.25) is 0 Å². The Kier molecular flexibility index (Phi) is 3.03. The fourth-order valence-electron chi connectivity index (χ4n) is 2.22. The molecule has 3 aromatic rings. The Balaban J connectivity index is 2.07. The van der Waals surface area contributed by atoms with Crippen molar-refractivity contribution in [2.24, 2.45) is 5.84 Å². The van der Waals surface area contributed by atoms with Crippen molar-refractivity contribution in [2.45, 2.75) is 13.0 Å². The van der Waals surface area contributed by atoms with Crippen molar-refractivity contribution >= 4 is 11.0 Å². The quantitative estimate of drug-likeness (QED) is 0.556. The van der Waals surface area contributed by atoms with E-state index in [2.05, 4.69) is 23.4 Å². The summed E-state index contributed by atoms with van der Waals surface area (Å²) in [5, 5.41) is 1.09. The minimum absolute atomic E-state index is 0.171. The van der Waals surface area contributed by atoms with Gasteiger partial charge in [-0.3, -0.25) is 10.8 Å². The molecular weight excluding hydrogens is 238 g/mol. The fraction of sp³-hybridized carbons (Fsp3) is 0.133. The van der Waals surface area contributed by atoms with Crippen LogP contribution in [0.25, 0.3) is 11.0 Å². The number of hydrogen-bond acceptors (Lipinski definition) is 4. The first-order valence-electron chi connectivity index (χ1n) is 6.14. The molecule has 0 amide bonds. The lowest BCUT2D eigenvalue weighted by atomic mass is 10.1. The fourth-order valence-corrected chi connectivity index (χ4v) is 2.22. The first kappa shape index (κ1) is 11.9. The van der Waals surface area contributed by atoms with E-state index in [0.29, 0.717) is 0 Å². The predicted octanol–water partition coefficient (Wildman–Crippen LogP) is 2.69. The second-order valence-electron chi connectivity index (χ2n) is 4.57. The molecule has 4 nitrogen and oxygen atoms in total. The van der Waals surface area contributed by atoms with E-state index in [-0.39, 0.29) is 6.04 Å². The summed E-state index contributed by atoms with van der Waals surface area (Å²) in [6.45, 7) is 2.06. The van der Waals surface area contributed by atoms with E-state index in [1.807, 2.05) is 30.3 Å². The molecule has 3 rings (SSSR count). The van der Waals surface area contributed by atoms with Crippen LogP contribution in [0, 0.1) is 6.92 Å². The van der Waals surface area contributed by atoms with Crippen LogP contribution in [0.15, 0.2) is 53.2 Å². The molecule has 2 heterocycles. The normalized spacial score (nSPS) is 12.7. The highest BCUT2D eigenvalue weighted by atomic mass is 16.3. The SMILES string of the molecule is Cc1ccc2oc(C(NN)c3ccncc3)cc2c1. The molecule has 0 aliphatic carbocycles. The minimum Gasteiger partial charge on any atom is -0.459 e. The van der Waals surface area contributed by atoms with Gasteiger partial charge in [0.15, 0.2) is 0 Å². The van der Waals surface area contributed by atoms with E-state index >= 15 is 0 Å². The zero-order chi connectivity index (χ0) is 13.2. The number of pyridine rings is 1. The van der Waals surface area contributed by atoms with Crippen LogP contribution < -0.4 is 11.3 Å². The molecule has 0 bridgehead atoms. The maximum Gasteiger partial charge on any atom is 0.134 e. The number of nitrogens with two attached hydrogens (primary N) is 1. The van der Waals surface area contributed by atoms with Gasteiger partial charge in [-0.1, -0.05) is 11.6 Å². The Bertz CT molecular complexity index is 691. The average molecular weight is 253 g/mol. The highest BCUT2D eigenvalue weighted by molar-refractivity contribution is 5.78. The topological polar surface area (TPSA) is 64.1 Å². The molecule has 1 unspecified atom stereocenters. The van der Waals surface area contributed by atoms with Gasteiger partial charge in [0.1, 0.15) is 17.4 Å². The van der Waals surface area contributed by atoms with Crippen LogP contribution >= 0.6 is 0 Å². The van der Waals surface area contributed by atoms with E-state index in [9.17, 15) is 0 Å². The third kappa shape index (κ3) is 2.23. The molecule has 0 radical (unpaired) electrons. The largest absolute Gasteiger partial charge is 0.459 e. The van der Waals surface area contributed by atoms with E-state index < -0.39 is 0 Å². The zero-order valence-corrected chi connectivity index (χ0v) is 10.6. The number of fused-ring (bicyclic) bond motifs is 1. The van der Waals surface area contributed by atoms with Crippen molar-refractivity contribution in [1.29, 1.82) is 0 Å². The zero-order valence-electron chi connectivity index (χ0n) is 10.6. The molecule has 96 valence electrons. The van der Waals surface area contributed by atoms with Crippen LogP contribution in [-0.2, 0) is 0 Å². The Hall–Kier alpha value is -2.17. The molecule has 0 saturated heterocycles. The molecule has 0 saturated carbocycles. The summed E-state index contributed by atoms with van der Waals surface area (Å²) in [5.74, 6) is 6.46. The van der Waals surface area contributed by atoms with E-state index in [4.69, 9.17) is 10.3 Å². The van der Waals surface area contributed by atoms with Crippen LogP contribution in [0.1, 0.15) is 22.9 Å². The van der Waals surface area contributed by atoms with Gasteiger partial charge in [-0.05, 0) is 42.8 Å². The molecule has 4 heteroatoms. The molecule has 0 aliphatic rings. The van der Waals surface area contributed by atoms with E-state index in [0.717, 1.165) is 22.3 Å². The maximum absolute atomic E-state index is 5.87. The highest BCUT2D eigenvalue weighted by Gasteiger charge is 2.16. The summed E-state index contributed by atoms with van der Waals surface area (Å²) in [4.78, 5) is 4.01. The summed E-state index contributed by atoms with van der Waals surface area (Å²) >= 11 is 0. The molecule has 0 fully saturated rings. The number of hydrogen-bond donors (Lipinski definition) is 2.